The number of non-ortho nitro benzene ring substituents is 1. The van der Waals surface area contributed by atoms with Crippen LogP contribution in [-0.2, 0) is 0 Å². The zero-order valence-electron chi connectivity index (χ0n) is 9.62. The number of aryl methyl sites for hydroxylation is 1. The summed E-state index contributed by atoms with van der Waals surface area (Å²) in [4.78, 5) is 21.1. The molecule has 1 aromatic carbocycles. The fraction of sp³-hybridized carbons (Fsp3) is 0.0909. The van der Waals surface area contributed by atoms with E-state index in [1.54, 1.807) is 13.0 Å². The van der Waals surface area contributed by atoms with Crippen molar-refractivity contribution in [1.29, 1.82) is 0 Å². The Morgan fingerprint density at radius 1 is 1.42 bits per heavy atom. The lowest BCUT2D eigenvalue weighted by atomic mass is 10.0. The van der Waals surface area contributed by atoms with Crippen LogP contribution < -0.4 is 0 Å². The van der Waals surface area contributed by atoms with E-state index in [4.69, 9.17) is 16.1 Å². The molecule has 0 amide bonds. The number of rotatable bonds is 3. The van der Waals surface area contributed by atoms with Gasteiger partial charge in [-0.2, -0.15) is 0 Å². The summed E-state index contributed by atoms with van der Waals surface area (Å²) in [7, 11) is 0. The number of aromatic nitrogens is 1. The van der Waals surface area contributed by atoms with Crippen molar-refractivity contribution in [2.24, 2.45) is 0 Å². The molecular formula is C11H8Cl2N2O4. The maximum absolute atomic E-state index is 10.9. The molecule has 0 radical (unpaired) electrons. The number of hydrogen-bond acceptors (Lipinski definition) is 5. The first-order valence-electron chi connectivity index (χ1n) is 4.91. The zero-order chi connectivity index (χ0) is 13.3. The molecule has 0 aliphatic rings. The number of nitrogens with zero attached hydrogens (tertiary/aromatic N) is 2. The molecule has 0 aliphatic heterocycles. The predicted octanol–water partition coefficient (Wildman–Crippen LogP) is 3.36. The Bertz CT molecular complexity index is 639. The average molecular weight is 303 g/mol. The van der Waals surface area contributed by atoms with E-state index in [1.807, 2.05) is 0 Å². The van der Waals surface area contributed by atoms with E-state index in [0.29, 0.717) is 11.3 Å². The van der Waals surface area contributed by atoms with Gasteiger partial charge in [-0.15, -0.1) is 12.4 Å². The van der Waals surface area contributed by atoms with Crippen molar-refractivity contribution in [3.63, 3.8) is 0 Å². The lowest BCUT2D eigenvalue weighted by Crippen LogP contribution is -1.90. The van der Waals surface area contributed by atoms with Crippen molar-refractivity contribution in [2.45, 2.75) is 6.92 Å². The van der Waals surface area contributed by atoms with Crippen LogP contribution in [0.3, 0.4) is 0 Å². The van der Waals surface area contributed by atoms with Crippen LogP contribution in [0.5, 0.6) is 0 Å². The highest BCUT2D eigenvalue weighted by Gasteiger charge is 2.16. The molecule has 8 heteroatoms. The van der Waals surface area contributed by atoms with Crippen LogP contribution in [0, 0.1) is 17.0 Å². The van der Waals surface area contributed by atoms with E-state index in [9.17, 15) is 14.9 Å². The fourth-order valence-electron chi connectivity index (χ4n) is 1.49. The molecule has 0 fully saturated rings. The third-order valence-corrected chi connectivity index (χ3v) is 2.60. The fourth-order valence-corrected chi connectivity index (χ4v) is 1.58. The van der Waals surface area contributed by atoms with Crippen LogP contribution in [0.15, 0.2) is 28.8 Å². The highest BCUT2D eigenvalue weighted by molar-refractivity contribution is 6.67. The van der Waals surface area contributed by atoms with E-state index in [2.05, 4.69) is 5.16 Å². The van der Waals surface area contributed by atoms with Crippen LogP contribution in [0.2, 0.25) is 0 Å². The molecular weight excluding hydrogens is 295 g/mol. The first kappa shape index (κ1) is 15.1. The van der Waals surface area contributed by atoms with Crippen LogP contribution in [0.4, 0.5) is 5.69 Å². The van der Waals surface area contributed by atoms with Crippen molar-refractivity contribution < 1.29 is 14.2 Å². The minimum absolute atomic E-state index is 0. The lowest BCUT2D eigenvalue weighted by molar-refractivity contribution is -0.384. The molecule has 1 heterocycles. The normalized spacial score (nSPS) is 9.79. The summed E-state index contributed by atoms with van der Waals surface area (Å²) in [6.07, 6.45) is 0. The molecule has 100 valence electrons. The third-order valence-electron chi connectivity index (χ3n) is 2.41. The van der Waals surface area contributed by atoms with Gasteiger partial charge in [-0.25, -0.2) is 0 Å². The standard InChI is InChI=1S/C11H7ClN2O4.ClH/c1-6-2-3-7(14(16)17)4-8(6)9-5-10(11(12)15)18-13-9;/h2-5H,1H3;1H. The molecule has 0 bridgehead atoms. The number of halogens is 2. The number of hydrogen-bond donors (Lipinski definition) is 0. The molecule has 6 nitrogen and oxygen atoms in total. The highest BCUT2D eigenvalue weighted by atomic mass is 35.5. The second kappa shape index (κ2) is 5.81. The Balaban J connectivity index is 0.00000180. The van der Waals surface area contributed by atoms with Crippen molar-refractivity contribution in [2.75, 3.05) is 0 Å². The van der Waals surface area contributed by atoms with Gasteiger partial charge in [0.25, 0.3) is 10.9 Å². The number of nitro groups is 1. The maximum Gasteiger partial charge on any atom is 0.290 e. The average Bonchev–Trinajstić information content (AvgIpc) is 2.78. The third kappa shape index (κ3) is 3.10. The quantitative estimate of drug-likeness (QED) is 0.493. The summed E-state index contributed by atoms with van der Waals surface area (Å²) in [5.74, 6) is -0.0995. The predicted molar refractivity (Wildman–Crippen MR) is 70.8 cm³/mol. The number of carbonyl (C=O) groups is 1. The molecule has 0 saturated carbocycles. The second-order valence-corrected chi connectivity index (χ2v) is 3.95. The van der Waals surface area contributed by atoms with Crippen LogP contribution in [0.25, 0.3) is 11.3 Å². The Kier molecular flexibility index (Phi) is 4.63. The topological polar surface area (TPSA) is 86.2 Å². The molecule has 0 aliphatic carbocycles. The summed E-state index contributed by atoms with van der Waals surface area (Å²) in [6.45, 7) is 1.77. The van der Waals surface area contributed by atoms with E-state index in [-0.39, 0.29) is 23.9 Å². The zero-order valence-corrected chi connectivity index (χ0v) is 11.2. The van der Waals surface area contributed by atoms with Crippen molar-refractivity contribution in [1.82, 2.24) is 5.16 Å². The van der Waals surface area contributed by atoms with Gasteiger partial charge in [0.2, 0.25) is 5.76 Å². The van der Waals surface area contributed by atoms with Gasteiger partial charge in [0.15, 0.2) is 0 Å². The Labute approximate surface area is 118 Å². The van der Waals surface area contributed by atoms with Gasteiger partial charge in [0.1, 0.15) is 5.69 Å². The van der Waals surface area contributed by atoms with Crippen molar-refractivity contribution in [3.8, 4) is 11.3 Å². The molecule has 0 N–H and O–H groups in total. The van der Waals surface area contributed by atoms with Gasteiger partial charge in [0, 0.05) is 23.8 Å². The Morgan fingerprint density at radius 2 is 2.11 bits per heavy atom. The smallest absolute Gasteiger partial charge is 0.290 e. The summed E-state index contributed by atoms with van der Waals surface area (Å²) in [5.41, 5.74) is 1.58. The first-order valence-corrected chi connectivity index (χ1v) is 5.29. The van der Waals surface area contributed by atoms with Gasteiger partial charge in [-0.3, -0.25) is 14.9 Å². The minimum Gasteiger partial charge on any atom is -0.351 e. The summed E-state index contributed by atoms with van der Waals surface area (Å²) in [6, 6.07) is 5.72. The molecule has 2 aromatic rings. The molecule has 19 heavy (non-hydrogen) atoms. The molecule has 1 aromatic heterocycles. The van der Waals surface area contributed by atoms with Crippen molar-refractivity contribution in [3.05, 3.63) is 45.7 Å². The van der Waals surface area contributed by atoms with Crippen LogP contribution >= 0.6 is 24.0 Å². The molecule has 2 rings (SSSR count). The molecule has 0 atom stereocenters. The van der Waals surface area contributed by atoms with Crippen LogP contribution in [-0.4, -0.2) is 15.3 Å². The van der Waals surface area contributed by atoms with E-state index in [0.717, 1.165) is 5.56 Å². The SMILES string of the molecule is Cc1ccc([N+](=O)[O-])cc1-c1cc(C(=O)Cl)on1.Cl. The first-order chi connectivity index (χ1) is 8.49. The van der Waals surface area contributed by atoms with Gasteiger partial charge in [0.05, 0.1) is 4.92 Å². The second-order valence-electron chi connectivity index (χ2n) is 3.61. The van der Waals surface area contributed by atoms with Crippen LogP contribution in [0.1, 0.15) is 16.1 Å². The molecule has 0 spiro atoms. The van der Waals surface area contributed by atoms with Gasteiger partial charge >= 0.3 is 0 Å². The monoisotopic (exact) mass is 302 g/mol. The summed E-state index contributed by atoms with van der Waals surface area (Å²) in [5, 5.41) is 13.6. The van der Waals surface area contributed by atoms with E-state index >= 15 is 0 Å². The van der Waals surface area contributed by atoms with Gasteiger partial charge in [-0.05, 0) is 24.1 Å². The maximum atomic E-state index is 10.9. The minimum atomic E-state index is -0.767. The largest absolute Gasteiger partial charge is 0.351 e. The molecule has 0 saturated heterocycles. The lowest BCUT2D eigenvalue weighted by Gasteiger charge is -2.00. The highest BCUT2D eigenvalue weighted by Crippen LogP contribution is 2.27. The summed E-state index contributed by atoms with van der Waals surface area (Å²) < 4.78 is 4.73. The Hall–Kier alpha value is -1.92. The Morgan fingerprint density at radius 3 is 2.63 bits per heavy atom. The number of nitro benzene ring substituents is 1. The van der Waals surface area contributed by atoms with Gasteiger partial charge in [-0.1, -0.05) is 11.2 Å². The summed E-state index contributed by atoms with van der Waals surface area (Å²) >= 11 is 5.24. The van der Waals surface area contributed by atoms with Crippen molar-refractivity contribution >= 4 is 34.9 Å². The van der Waals surface area contributed by atoms with E-state index in [1.165, 1.54) is 18.2 Å². The molecule has 0 unspecified atom stereocenters. The number of carbonyl (C=O) groups excluding carboxylic acids is 1. The van der Waals surface area contributed by atoms with E-state index < -0.39 is 10.2 Å². The van der Waals surface area contributed by atoms with Gasteiger partial charge < -0.3 is 4.52 Å². The number of benzene rings is 1.